The summed E-state index contributed by atoms with van der Waals surface area (Å²) in [4.78, 5) is 13.1. The van der Waals surface area contributed by atoms with Crippen molar-refractivity contribution in [3.63, 3.8) is 0 Å². The molecule has 9 heteroatoms. The van der Waals surface area contributed by atoms with Crippen LogP contribution in [0.3, 0.4) is 0 Å². The first-order chi connectivity index (χ1) is 34.3. The minimum absolute atomic E-state index is 0.131. The van der Waals surface area contributed by atoms with Gasteiger partial charge in [0, 0.05) is 6.42 Å². The van der Waals surface area contributed by atoms with E-state index < -0.39 is 49.5 Å². The number of amides is 1. The van der Waals surface area contributed by atoms with E-state index in [0.717, 1.165) is 38.5 Å². The van der Waals surface area contributed by atoms with Crippen LogP contribution in [-0.4, -0.2) is 87.5 Å². The van der Waals surface area contributed by atoms with E-state index in [4.69, 9.17) is 9.47 Å². The quantitative estimate of drug-likeness (QED) is 0.0330. The maximum atomic E-state index is 13.1. The van der Waals surface area contributed by atoms with Crippen LogP contribution >= 0.6 is 0 Å². The molecule has 1 rings (SSSR count). The Morgan fingerprint density at radius 2 is 0.714 bits per heavy atom. The second-order valence-electron chi connectivity index (χ2n) is 22.2. The lowest BCUT2D eigenvalue weighted by Crippen LogP contribution is -2.60. The normalized spacial score (nSPS) is 19.2. The Hall–Kier alpha value is -0.810. The third-order valence-electron chi connectivity index (χ3n) is 15.5. The van der Waals surface area contributed by atoms with Crippen molar-refractivity contribution in [2.24, 2.45) is 0 Å². The van der Waals surface area contributed by atoms with Gasteiger partial charge in [0.2, 0.25) is 5.91 Å². The van der Waals surface area contributed by atoms with Gasteiger partial charge in [0.15, 0.2) is 6.29 Å². The Bertz CT molecular complexity index is 1060. The maximum absolute atomic E-state index is 13.1. The lowest BCUT2D eigenvalue weighted by Gasteiger charge is -2.40. The molecule has 1 aliphatic rings. The number of rotatable bonds is 55. The number of ether oxygens (including phenoxy) is 2. The molecule has 2 unspecified atom stereocenters. The number of nitrogens with one attached hydrogen (secondary N) is 1. The molecular weight excluding hydrogens is 875 g/mol. The molecule has 0 aliphatic carbocycles. The largest absolute Gasteiger partial charge is 0.394 e. The summed E-state index contributed by atoms with van der Waals surface area (Å²) >= 11 is 0. The van der Waals surface area contributed by atoms with E-state index in [9.17, 15) is 30.3 Å². The third-order valence-corrected chi connectivity index (χ3v) is 15.5. The number of aliphatic hydroxyl groups is 5. The number of hydrogen-bond donors (Lipinski definition) is 6. The van der Waals surface area contributed by atoms with Gasteiger partial charge in [-0.1, -0.05) is 309 Å². The van der Waals surface area contributed by atoms with Crippen LogP contribution in [0.5, 0.6) is 0 Å². The van der Waals surface area contributed by atoms with E-state index in [0.29, 0.717) is 12.8 Å². The average molecular weight is 997 g/mol. The molecule has 418 valence electrons. The van der Waals surface area contributed by atoms with E-state index in [2.05, 4.69) is 19.2 Å². The number of carbonyl (C=O) groups is 1. The molecule has 7 atom stereocenters. The number of unbranched alkanes of at least 4 members (excludes halogenated alkanes) is 45. The van der Waals surface area contributed by atoms with Gasteiger partial charge in [-0.05, 0) is 12.8 Å². The van der Waals surface area contributed by atoms with Crippen molar-refractivity contribution in [2.45, 2.75) is 371 Å². The number of hydrogen-bond acceptors (Lipinski definition) is 8. The summed E-state index contributed by atoms with van der Waals surface area (Å²) in [5.41, 5.74) is 0. The maximum Gasteiger partial charge on any atom is 0.220 e. The van der Waals surface area contributed by atoms with Crippen LogP contribution in [0.2, 0.25) is 0 Å². The van der Waals surface area contributed by atoms with E-state index in [-0.39, 0.29) is 12.5 Å². The highest BCUT2D eigenvalue weighted by Gasteiger charge is 2.44. The predicted molar refractivity (Wildman–Crippen MR) is 295 cm³/mol. The highest BCUT2D eigenvalue weighted by molar-refractivity contribution is 5.76. The predicted octanol–water partition coefficient (Wildman–Crippen LogP) is 15.8. The molecule has 1 heterocycles. The van der Waals surface area contributed by atoms with Gasteiger partial charge in [-0.15, -0.1) is 0 Å². The van der Waals surface area contributed by atoms with Gasteiger partial charge in [0.05, 0.1) is 25.4 Å². The Morgan fingerprint density at radius 1 is 0.429 bits per heavy atom. The van der Waals surface area contributed by atoms with Crippen LogP contribution in [0.15, 0.2) is 0 Å². The topological polar surface area (TPSA) is 149 Å². The lowest BCUT2D eigenvalue weighted by atomic mass is 9.99. The molecular formula is C61H121NO8. The van der Waals surface area contributed by atoms with Crippen LogP contribution in [0.1, 0.15) is 328 Å². The molecule has 1 fully saturated rings. The van der Waals surface area contributed by atoms with Crippen molar-refractivity contribution in [2.75, 3.05) is 13.2 Å². The fraction of sp³-hybridized carbons (Fsp3) is 0.984. The highest BCUT2D eigenvalue weighted by atomic mass is 16.7. The van der Waals surface area contributed by atoms with Crippen molar-refractivity contribution in [1.29, 1.82) is 0 Å². The minimum atomic E-state index is -1.55. The van der Waals surface area contributed by atoms with Gasteiger partial charge in [-0.25, -0.2) is 0 Å². The van der Waals surface area contributed by atoms with E-state index in [1.165, 1.54) is 263 Å². The standard InChI is InChI=1S/C61H121NO8/c1-3-5-7-9-11-13-15-17-19-21-22-23-24-25-26-27-28-29-30-31-32-33-35-37-39-41-43-45-47-49-51-57(65)62-54(53-69-61-60(68)59(67)58(66)56(52-63)70-61)55(64)50-48-46-44-42-40-38-36-34-20-18-16-14-12-10-8-6-4-2/h54-56,58-61,63-64,66-68H,3-53H2,1-2H3,(H,62,65)/t54-,55+,56+,58+,59?,60?,61+/m0/s1. The molecule has 1 aliphatic heterocycles. The molecule has 0 bridgehead atoms. The zero-order valence-corrected chi connectivity index (χ0v) is 46.6. The second kappa shape index (κ2) is 51.7. The Balaban J connectivity index is 2.11. The van der Waals surface area contributed by atoms with Crippen molar-refractivity contribution >= 4 is 5.91 Å². The van der Waals surface area contributed by atoms with Crippen LogP contribution in [0.25, 0.3) is 0 Å². The van der Waals surface area contributed by atoms with Crippen molar-refractivity contribution in [3.8, 4) is 0 Å². The van der Waals surface area contributed by atoms with Gasteiger partial charge in [-0.3, -0.25) is 4.79 Å². The Kier molecular flexibility index (Phi) is 49.6. The molecule has 6 N–H and O–H groups in total. The Morgan fingerprint density at radius 3 is 1.01 bits per heavy atom. The fourth-order valence-electron chi connectivity index (χ4n) is 10.5. The first kappa shape index (κ1) is 67.2. The number of aliphatic hydroxyl groups excluding tert-OH is 5. The third kappa shape index (κ3) is 40.6. The summed E-state index contributed by atoms with van der Waals surface area (Å²) in [5.74, 6) is -0.135. The summed E-state index contributed by atoms with van der Waals surface area (Å²) in [6, 6.07) is -0.713. The summed E-state index contributed by atoms with van der Waals surface area (Å²) in [6.07, 6.45) is 55.8. The summed E-state index contributed by atoms with van der Waals surface area (Å²) in [5, 5.41) is 54.7. The molecule has 70 heavy (non-hydrogen) atoms. The molecule has 9 nitrogen and oxygen atoms in total. The molecule has 1 amide bonds. The van der Waals surface area contributed by atoms with E-state index in [1.807, 2.05) is 0 Å². The monoisotopic (exact) mass is 996 g/mol. The molecule has 0 aromatic carbocycles. The zero-order valence-electron chi connectivity index (χ0n) is 46.6. The van der Waals surface area contributed by atoms with Gasteiger partial charge in [0.25, 0.3) is 0 Å². The van der Waals surface area contributed by atoms with Gasteiger partial charge >= 0.3 is 0 Å². The van der Waals surface area contributed by atoms with E-state index in [1.54, 1.807) is 0 Å². The van der Waals surface area contributed by atoms with Crippen LogP contribution in [0, 0.1) is 0 Å². The molecule has 0 aromatic rings. The average Bonchev–Trinajstić information content (AvgIpc) is 3.36. The molecule has 0 aromatic heterocycles. The summed E-state index contributed by atoms with van der Waals surface area (Å²) in [6.45, 7) is 3.89. The van der Waals surface area contributed by atoms with Crippen molar-refractivity contribution < 1.29 is 39.8 Å². The summed E-state index contributed by atoms with van der Waals surface area (Å²) in [7, 11) is 0. The minimum Gasteiger partial charge on any atom is -0.394 e. The molecule has 1 saturated heterocycles. The first-order valence-electron chi connectivity index (χ1n) is 31.2. The van der Waals surface area contributed by atoms with Crippen molar-refractivity contribution in [1.82, 2.24) is 5.32 Å². The van der Waals surface area contributed by atoms with Crippen LogP contribution < -0.4 is 5.32 Å². The highest BCUT2D eigenvalue weighted by Crippen LogP contribution is 2.24. The van der Waals surface area contributed by atoms with Crippen LogP contribution in [0.4, 0.5) is 0 Å². The number of carbonyl (C=O) groups excluding carboxylic acids is 1. The first-order valence-corrected chi connectivity index (χ1v) is 31.2. The van der Waals surface area contributed by atoms with Crippen molar-refractivity contribution in [3.05, 3.63) is 0 Å². The van der Waals surface area contributed by atoms with Crippen LogP contribution in [-0.2, 0) is 14.3 Å². The van der Waals surface area contributed by atoms with E-state index >= 15 is 0 Å². The molecule has 0 radical (unpaired) electrons. The Labute approximate surface area is 434 Å². The zero-order chi connectivity index (χ0) is 50.8. The summed E-state index contributed by atoms with van der Waals surface area (Å²) < 4.78 is 11.3. The SMILES string of the molecule is CCCCCCCCCCCCCCCCCCCCCCCCCCCCCCCCC(=O)N[C@@H](CO[C@@H]1O[C@H](CO)[C@@H](O)C(O)C1O)[C@H](O)CCCCCCCCCCCCCCCCCCC. The second-order valence-corrected chi connectivity index (χ2v) is 22.2. The molecule has 0 spiro atoms. The van der Waals surface area contributed by atoms with Gasteiger partial charge in [-0.2, -0.15) is 0 Å². The van der Waals surface area contributed by atoms with Gasteiger partial charge < -0.3 is 40.3 Å². The molecule has 0 saturated carbocycles. The lowest BCUT2D eigenvalue weighted by molar-refractivity contribution is -0.302. The fourth-order valence-corrected chi connectivity index (χ4v) is 10.5. The smallest absolute Gasteiger partial charge is 0.220 e. The van der Waals surface area contributed by atoms with Gasteiger partial charge in [0.1, 0.15) is 24.4 Å².